The van der Waals surface area contributed by atoms with E-state index >= 15 is 0 Å². The molecule has 0 aromatic carbocycles. The molecule has 1 atom stereocenters. The highest BCUT2D eigenvalue weighted by atomic mass is 16.4. The Morgan fingerprint density at radius 2 is 2.38 bits per heavy atom. The summed E-state index contributed by atoms with van der Waals surface area (Å²) in [6.45, 7) is 8.43. The van der Waals surface area contributed by atoms with Crippen LogP contribution in [0.25, 0.3) is 0 Å². The van der Waals surface area contributed by atoms with Gasteiger partial charge in [0.25, 0.3) is 0 Å². The van der Waals surface area contributed by atoms with Crippen LogP contribution in [0.2, 0.25) is 0 Å². The maximum Gasteiger partial charge on any atom is 0.310 e. The highest BCUT2D eigenvalue weighted by molar-refractivity contribution is 5.75. The Kier molecular flexibility index (Phi) is 5.00. The van der Waals surface area contributed by atoms with Crippen molar-refractivity contribution < 1.29 is 9.90 Å². The molecule has 0 aromatic heterocycles. The zero-order valence-corrected chi connectivity index (χ0v) is 10.2. The monoisotopic (exact) mass is 225 g/mol. The first-order chi connectivity index (χ1) is 7.64. The smallest absolute Gasteiger partial charge is 0.310 e. The molecular weight excluding hydrogens is 202 g/mol. The van der Waals surface area contributed by atoms with Crippen molar-refractivity contribution >= 4 is 5.97 Å². The molecule has 1 aliphatic heterocycles. The van der Waals surface area contributed by atoms with Gasteiger partial charge in [-0.25, -0.2) is 0 Å². The molecule has 1 heterocycles. The van der Waals surface area contributed by atoms with Gasteiger partial charge in [-0.3, -0.25) is 4.79 Å². The maximum absolute atomic E-state index is 11.3. The summed E-state index contributed by atoms with van der Waals surface area (Å²) in [6.07, 6.45) is 6.60. The molecule has 0 radical (unpaired) electrons. The minimum Gasteiger partial charge on any atom is -0.481 e. The summed E-state index contributed by atoms with van der Waals surface area (Å²) in [5.74, 6) is -0.611. The average molecular weight is 225 g/mol. The van der Waals surface area contributed by atoms with Crippen molar-refractivity contribution in [3.8, 4) is 0 Å². The molecule has 0 bridgehead atoms. The van der Waals surface area contributed by atoms with Crippen LogP contribution in [0.1, 0.15) is 39.0 Å². The molecule has 0 spiro atoms. The first-order valence-electron chi connectivity index (χ1n) is 6.21. The molecule has 1 N–H and O–H groups in total. The zero-order valence-electron chi connectivity index (χ0n) is 10.2. The Labute approximate surface area is 98.1 Å². The Hall–Kier alpha value is -0.830. The summed E-state index contributed by atoms with van der Waals surface area (Å²) < 4.78 is 0. The Morgan fingerprint density at radius 1 is 1.62 bits per heavy atom. The number of carboxylic acids is 1. The lowest BCUT2D eigenvalue weighted by Gasteiger charge is -2.24. The third-order valence-corrected chi connectivity index (χ3v) is 3.50. The molecule has 0 saturated carbocycles. The van der Waals surface area contributed by atoms with Gasteiger partial charge in [0, 0.05) is 6.54 Å². The molecule has 0 aliphatic carbocycles. The number of nitrogens with zero attached hydrogens (tertiary/aromatic N) is 1. The quantitative estimate of drug-likeness (QED) is 0.534. The lowest BCUT2D eigenvalue weighted by Crippen LogP contribution is -2.34. The first kappa shape index (κ1) is 13.2. The summed E-state index contributed by atoms with van der Waals surface area (Å²) in [5, 5.41) is 9.34. The Bertz CT molecular complexity index is 252. The normalized spacial score (nSPS) is 25.8. The largest absolute Gasteiger partial charge is 0.481 e. The van der Waals surface area contributed by atoms with E-state index in [-0.39, 0.29) is 0 Å². The van der Waals surface area contributed by atoms with E-state index < -0.39 is 11.4 Å². The number of aliphatic carboxylic acids is 1. The van der Waals surface area contributed by atoms with Gasteiger partial charge < -0.3 is 10.0 Å². The molecule has 92 valence electrons. The Balaban J connectivity index is 2.46. The lowest BCUT2D eigenvalue weighted by atomic mass is 9.83. The highest BCUT2D eigenvalue weighted by Gasteiger charge is 2.43. The molecule has 3 nitrogen and oxygen atoms in total. The number of rotatable bonds is 7. The molecule has 1 fully saturated rings. The number of likely N-dealkylation sites (tertiary alicyclic amines) is 1. The summed E-state index contributed by atoms with van der Waals surface area (Å²) in [4.78, 5) is 13.6. The summed E-state index contributed by atoms with van der Waals surface area (Å²) in [6, 6.07) is 0. The van der Waals surface area contributed by atoms with E-state index in [2.05, 4.69) is 18.4 Å². The van der Waals surface area contributed by atoms with Crippen molar-refractivity contribution in [2.45, 2.75) is 39.0 Å². The van der Waals surface area contributed by atoms with Crippen LogP contribution in [-0.4, -0.2) is 35.6 Å². The van der Waals surface area contributed by atoms with E-state index in [0.29, 0.717) is 0 Å². The second kappa shape index (κ2) is 6.04. The zero-order chi connectivity index (χ0) is 12.0. The molecule has 16 heavy (non-hydrogen) atoms. The molecule has 1 unspecified atom stereocenters. The fraction of sp³-hybridized carbons (Fsp3) is 0.769. The lowest BCUT2D eigenvalue weighted by molar-refractivity contribution is -0.148. The molecule has 0 aromatic rings. The van der Waals surface area contributed by atoms with Crippen LogP contribution < -0.4 is 0 Å². The van der Waals surface area contributed by atoms with Crippen molar-refractivity contribution in [2.24, 2.45) is 5.41 Å². The standard InChI is InChI=1S/C13H23NO2/c1-3-5-6-9-14-10-8-13(11-14,7-4-2)12(15)16/h3H,1,4-11H2,2H3,(H,15,16). The first-order valence-corrected chi connectivity index (χ1v) is 6.21. The molecule has 1 saturated heterocycles. The Morgan fingerprint density at radius 3 is 2.94 bits per heavy atom. The van der Waals surface area contributed by atoms with Crippen LogP contribution in [0.4, 0.5) is 0 Å². The van der Waals surface area contributed by atoms with Crippen LogP contribution in [0.3, 0.4) is 0 Å². The van der Waals surface area contributed by atoms with E-state index in [9.17, 15) is 9.90 Å². The van der Waals surface area contributed by atoms with Crippen molar-refractivity contribution in [1.29, 1.82) is 0 Å². The fourth-order valence-electron chi connectivity index (χ4n) is 2.57. The van der Waals surface area contributed by atoms with Crippen molar-refractivity contribution in [3.63, 3.8) is 0 Å². The van der Waals surface area contributed by atoms with E-state index in [4.69, 9.17) is 0 Å². The van der Waals surface area contributed by atoms with Crippen LogP contribution in [0.5, 0.6) is 0 Å². The molecule has 1 rings (SSSR count). The average Bonchev–Trinajstić information content (AvgIpc) is 2.64. The van der Waals surface area contributed by atoms with Crippen LogP contribution in [0, 0.1) is 5.41 Å². The second-order valence-corrected chi connectivity index (χ2v) is 4.79. The number of carbonyl (C=O) groups is 1. The minimum atomic E-state index is -0.611. The van der Waals surface area contributed by atoms with Gasteiger partial charge in [0.2, 0.25) is 0 Å². The van der Waals surface area contributed by atoms with Gasteiger partial charge >= 0.3 is 5.97 Å². The van der Waals surface area contributed by atoms with Crippen LogP contribution in [-0.2, 0) is 4.79 Å². The molecule has 1 aliphatic rings. The second-order valence-electron chi connectivity index (χ2n) is 4.79. The number of hydrogen-bond donors (Lipinski definition) is 1. The summed E-state index contributed by atoms with van der Waals surface area (Å²) in [5.41, 5.74) is -0.469. The number of unbranched alkanes of at least 4 members (excludes halogenated alkanes) is 1. The third kappa shape index (κ3) is 3.08. The van der Waals surface area contributed by atoms with E-state index in [0.717, 1.165) is 51.7 Å². The number of carboxylic acid groups (broad SMARTS) is 1. The van der Waals surface area contributed by atoms with Crippen molar-refractivity contribution in [2.75, 3.05) is 19.6 Å². The van der Waals surface area contributed by atoms with Gasteiger partial charge in [-0.05, 0) is 38.8 Å². The number of allylic oxidation sites excluding steroid dienone is 1. The van der Waals surface area contributed by atoms with E-state index in [1.165, 1.54) is 0 Å². The topological polar surface area (TPSA) is 40.5 Å². The van der Waals surface area contributed by atoms with Gasteiger partial charge in [-0.15, -0.1) is 6.58 Å². The maximum atomic E-state index is 11.3. The van der Waals surface area contributed by atoms with Crippen LogP contribution in [0.15, 0.2) is 12.7 Å². The SMILES string of the molecule is C=CCCCN1CCC(CCC)(C(=O)O)C1. The predicted octanol–water partition coefficient (Wildman–Crippen LogP) is 2.53. The van der Waals surface area contributed by atoms with Gasteiger partial charge in [-0.1, -0.05) is 19.4 Å². The number of hydrogen-bond acceptors (Lipinski definition) is 2. The van der Waals surface area contributed by atoms with Crippen molar-refractivity contribution in [3.05, 3.63) is 12.7 Å². The molecule has 3 heteroatoms. The molecule has 0 amide bonds. The fourth-order valence-corrected chi connectivity index (χ4v) is 2.57. The van der Waals surface area contributed by atoms with Crippen molar-refractivity contribution in [1.82, 2.24) is 4.90 Å². The summed E-state index contributed by atoms with van der Waals surface area (Å²) >= 11 is 0. The predicted molar refractivity (Wildman–Crippen MR) is 65.5 cm³/mol. The van der Waals surface area contributed by atoms with Gasteiger partial charge in [0.15, 0.2) is 0 Å². The van der Waals surface area contributed by atoms with E-state index in [1.54, 1.807) is 0 Å². The van der Waals surface area contributed by atoms with E-state index in [1.807, 2.05) is 6.08 Å². The summed E-state index contributed by atoms with van der Waals surface area (Å²) in [7, 11) is 0. The van der Waals surface area contributed by atoms with Gasteiger partial charge in [0.1, 0.15) is 0 Å². The molecular formula is C13H23NO2. The van der Waals surface area contributed by atoms with Crippen LogP contribution >= 0.6 is 0 Å². The third-order valence-electron chi connectivity index (χ3n) is 3.50. The van der Waals surface area contributed by atoms with Gasteiger partial charge in [0.05, 0.1) is 5.41 Å². The van der Waals surface area contributed by atoms with Gasteiger partial charge in [-0.2, -0.15) is 0 Å². The highest BCUT2D eigenvalue weighted by Crippen LogP contribution is 2.35. The minimum absolute atomic E-state index is 0.469.